The minimum Gasteiger partial charge on any atom is -0.461 e. The Morgan fingerprint density at radius 1 is 0.850 bits per heavy atom. The Hall–Kier alpha value is -1.47. The summed E-state index contributed by atoms with van der Waals surface area (Å²) in [6.45, 7) is 0. The zero-order chi connectivity index (χ0) is 13.5. The third-order valence-electron chi connectivity index (χ3n) is 4.46. The van der Waals surface area contributed by atoms with Crippen LogP contribution in [0.4, 0.5) is 0 Å². The molecule has 20 heavy (non-hydrogen) atoms. The molecule has 0 spiro atoms. The van der Waals surface area contributed by atoms with Gasteiger partial charge in [0.2, 0.25) is 0 Å². The lowest BCUT2D eigenvalue weighted by Gasteiger charge is -2.18. The fourth-order valence-corrected chi connectivity index (χ4v) is 3.54. The molecule has 1 nitrogen and oxygen atoms in total. The van der Waals surface area contributed by atoms with Crippen LogP contribution in [0, 0.1) is 0 Å². The third kappa shape index (κ3) is 2.10. The normalized spacial score (nSPS) is 17.1. The van der Waals surface area contributed by atoms with Crippen molar-refractivity contribution >= 4 is 33.3 Å². The van der Waals surface area contributed by atoms with Crippen LogP contribution >= 0.6 is 11.6 Å². The molecule has 1 aromatic heterocycles. The maximum atomic E-state index is 6.11. The molecule has 2 aromatic carbocycles. The summed E-state index contributed by atoms with van der Waals surface area (Å²) < 4.78 is 6.11. The van der Waals surface area contributed by atoms with Gasteiger partial charge in [0.05, 0.1) is 0 Å². The summed E-state index contributed by atoms with van der Waals surface area (Å²) in [6, 6.07) is 12.6. The number of hydrogen-bond donors (Lipinski definition) is 0. The van der Waals surface area contributed by atoms with E-state index in [-0.39, 0.29) is 0 Å². The minimum atomic E-state index is 0.614. The monoisotopic (exact) mass is 284 g/mol. The largest absolute Gasteiger partial charge is 0.461 e. The molecule has 1 saturated carbocycles. The van der Waals surface area contributed by atoms with E-state index in [1.165, 1.54) is 48.6 Å². The second-order valence-electron chi connectivity index (χ2n) is 5.87. The van der Waals surface area contributed by atoms with Gasteiger partial charge in [-0.15, -0.1) is 0 Å². The summed E-state index contributed by atoms with van der Waals surface area (Å²) in [7, 11) is 0. The molecular weight excluding hydrogens is 268 g/mol. The first-order chi connectivity index (χ1) is 9.79. The summed E-state index contributed by atoms with van der Waals surface area (Å²) in [5, 5.41) is 4.35. The van der Waals surface area contributed by atoms with Crippen molar-refractivity contribution in [2.45, 2.75) is 38.0 Å². The fourth-order valence-electron chi connectivity index (χ4n) is 3.36. The van der Waals surface area contributed by atoms with Gasteiger partial charge in [-0.05, 0) is 53.9 Å². The predicted molar refractivity (Wildman–Crippen MR) is 84.6 cm³/mol. The Labute approximate surface area is 123 Å². The van der Waals surface area contributed by atoms with Crippen molar-refractivity contribution in [2.24, 2.45) is 0 Å². The van der Waals surface area contributed by atoms with Gasteiger partial charge in [-0.1, -0.05) is 36.9 Å². The number of halogens is 1. The molecule has 0 saturated heterocycles. The van der Waals surface area contributed by atoms with Crippen LogP contribution in [0.2, 0.25) is 5.02 Å². The zero-order valence-electron chi connectivity index (χ0n) is 11.4. The standard InChI is InChI=1S/C18H17ClO/c19-16-7-6-13-8-15-11-17(12-4-2-1-3-5-12)20-18(15)10-14(13)9-16/h6-12H,1-5H2. The van der Waals surface area contributed by atoms with Gasteiger partial charge in [-0.2, -0.15) is 0 Å². The number of hydrogen-bond acceptors (Lipinski definition) is 1. The summed E-state index contributed by atoms with van der Waals surface area (Å²) in [5.74, 6) is 1.78. The van der Waals surface area contributed by atoms with Gasteiger partial charge < -0.3 is 4.42 Å². The first kappa shape index (κ1) is 12.3. The van der Waals surface area contributed by atoms with Crippen LogP contribution in [0.15, 0.2) is 40.8 Å². The molecule has 0 bridgehead atoms. The van der Waals surface area contributed by atoms with E-state index < -0.39 is 0 Å². The van der Waals surface area contributed by atoms with Crippen LogP contribution in [0.3, 0.4) is 0 Å². The van der Waals surface area contributed by atoms with E-state index in [9.17, 15) is 0 Å². The van der Waals surface area contributed by atoms with E-state index in [4.69, 9.17) is 16.0 Å². The molecule has 2 heteroatoms. The highest BCUT2D eigenvalue weighted by Crippen LogP contribution is 2.36. The molecule has 0 radical (unpaired) electrons. The Morgan fingerprint density at radius 2 is 1.70 bits per heavy atom. The van der Waals surface area contributed by atoms with E-state index in [0.29, 0.717) is 5.92 Å². The van der Waals surface area contributed by atoms with Crippen LogP contribution in [-0.2, 0) is 0 Å². The van der Waals surface area contributed by atoms with Gasteiger partial charge in [-0.25, -0.2) is 0 Å². The van der Waals surface area contributed by atoms with Gasteiger partial charge in [0.25, 0.3) is 0 Å². The van der Waals surface area contributed by atoms with E-state index >= 15 is 0 Å². The lowest BCUT2D eigenvalue weighted by Crippen LogP contribution is -2.02. The summed E-state index contributed by atoms with van der Waals surface area (Å²) in [4.78, 5) is 0. The first-order valence-electron chi connectivity index (χ1n) is 7.42. The van der Waals surface area contributed by atoms with Crippen LogP contribution < -0.4 is 0 Å². The number of furan rings is 1. The van der Waals surface area contributed by atoms with Crippen molar-refractivity contribution in [3.05, 3.63) is 47.2 Å². The molecule has 0 aliphatic heterocycles. The highest BCUT2D eigenvalue weighted by Gasteiger charge is 2.19. The van der Waals surface area contributed by atoms with Crippen molar-refractivity contribution in [3.63, 3.8) is 0 Å². The fraction of sp³-hybridized carbons (Fsp3) is 0.333. The van der Waals surface area contributed by atoms with Crippen LogP contribution in [0.25, 0.3) is 21.7 Å². The zero-order valence-corrected chi connectivity index (χ0v) is 12.1. The highest BCUT2D eigenvalue weighted by atomic mass is 35.5. The first-order valence-corrected chi connectivity index (χ1v) is 7.80. The van der Waals surface area contributed by atoms with Crippen molar-refractivity contribution in [3.8, 4) is 0 Å². The van der Waals surface area contributed by atoms with Crippen LogP contribution in [-0.4, -0.2) is 0 Å². The summed E-state index contributed by atoms with van der Waals surface area (Å²) in [5.41, 5.74) is 0.986. The topological polar surface area (TPSA) is 13.1 Å². The number of rotatable bonds is 1. The van der Waals surface area contributed by atoms with Gasteiger partial charge >= 0.3 is 0 Å². The lowest BCUT2D eigenvalue weighted by molar-refractivity contribution is 0.385. The van der Waals surface area contributed by atoms with Crippen molar-refractivity contribution < 1.29 is 4.42 Å². The molecular formula is C18H17ClO. The summed E-state index contributed by atoms with van der Waals surface area (Å²) in [6.07, 6.45) is 6.58. The van der Waals surface area contributed by atoms with Gasteiger partial charge in [0.15, 0.2) is 0 Å². The molecule has 102 valence electrons. The van der Waals surface area contributed by atoms with Crippen molar-refractivity contribution in [2.75, 3.05) is 0 Å². The van der Waals surface area contributed by atoms with Crippen LogP contribution in [0.5, 0.6) is 0 Å². The quantitative estimate of drug-likeness (QED) is 0.512. The number of benzene rings is 2. The van der Waals surface area contributed by atoms with Crippen molar-refractivity contribution in [1.29, 1.82) is 0 Å². The van der Waals surface area contributed by atoms with E-state index in [1.807, 2.05) is 12.1 Å². The Balaban J connectivity index is 1.83. The smallest absolute Gasteiger partial charge is 0.134 e. The van der Waals surface area contributed by atoms with E-state index in [1.54, 1.807) is 0 Å². The minimum absolute atomic E-state index is 0.614. The molecule has 1 aliphatic rings. The molecule has 1 fully saturated rings. The molecule has 1 heterocycles. The molecule has 4 rings (SSSR count). The Kier molecular flexibility index (Phi) is 2.96. The summed E-state index contributed by atoms with van der Waals surface area (Å²) >= 11 is 6.07. The molecule has 3 aromatic rings. The second-order valence-corrected chi connectivity index (χ2v) is 6.30. The second kappa shape index (κ2) is 4.82. The average molecular weight is 285 g/mol. The maximum Gasteiger partial charge on any atom is 0.134 e. The van der Waals surface area contributed by atoms with E-state index in [0.717, 1.165) is 16.0 Å². The highest BCUT2D eigenvalue weighted by molar-refractivity contribution is 6.31. The third-order valence-corrected chi connectivity index (χ3v) is 4.70. The lowest BCUT2D eigenvalue weighted by atomic mass is 9.87. The Bertz CT molecular complexity index is 766. The molecule has 0 amide bonds. The number of fused-ring (bicyclic) bond motifs is 2. The van der Waals surface area contributed by atoms with Gasteiger partial charge in [0, 0.05) is 16.3 Å². The molecule has 0 unspecified atom stereocenters. The average Bonchev–Trinajstić information content (AvgIpc) is 2.88. The molecule has 0 N–H and O–H groups in total. The SMILES string of the molecule is Clc1ccc2cc3cc(C4CCCCC4)oc3cc2c1. The van der Waals surface area contributed by atoms with E-state index in [2.05, 4.69) is 24.3 Å². The molecule has 1 aliphatic carbocycles. The van der Waals surface area contributed by atoms with Crippen LogP contribution in [0.1, 0.15) is 43.8 Å². The maximum absolute atomic E-state index is 6.11. The van der Waals surface area contributed by atoms with Gasteiger partial charge in [0.1, 0.15) is 11.3 Å². The van der Waals surface area contributed by atoms with Crippen molar-refractivity contribution in [1.82, 2.24) is 0 Å². The van der Waals surface area contributed by atoms with Gasteiger partial charge in [-0.3, -0.25) is 0 Å². The molecule has 0 atom stereocenters. The predicted octanol–water partition coefficient (Wildman–Crippen LogP) is 6.29. The Morgan fingerprint density at radius 3 is 2.55 bits per heavy atom.